The monoisotopic (exact) mass is 539 g/mol. The minimum Gasteiger partial charge on any atom is -0.493 e. The number of ketones is 1. The number of rotatable bonds is 8. The van der Waals surface area contributed by atoms with Crippen LogP contribution in [0.4, 0.5) is 0 Å². The fourth-order valence-corrected chi connectivity index (χ4v) is 5.34. The van der Waals surface area contributed by atoms with E-state index in [4.69, 9.17) is 30.5 Å². The van der Waals surface area contributed by atoms with Crippen molar-refractivity contribution in [3.05, 3.63) is 75.1 Å². The molecule has 7 nitrogen and oxygen atoms in total. The molecule has 2 aliphatic rings. The van der Waals surface area contributed by atoms with Crippen molar-refractivity contribution >= 4 is 23.4 Å². The number of ether oxygens (including phenoxy) is 4. The van der Waals surface area contributed by atoms with Crippen molar-refractivity contribution in [3.63, 3.8) is 0 Å². The van der Waals surface area contributed by atoms with Crippen LogP contribution in [-0.4, -0.2) is 39.2 Å². The standard InChI is InChI=1S/C30H34ClNO6/c1-7-16(2)38-30(34)26-17(3)32-22-12-19(18-8-10-21(31)11-9-18)13-23(33)28(22)27(26)20-14-24(35-4)29(37-6)25(15-20)36-5/h8-11,14-16,19,27,32H,7,12-13H2,1-6H3/t16-,19-,27+/m1/s1. The summed E-state index contributed by atoms with van der Waals surface area (Å²) in [5, 5.41) is 4.04. The summed E-state index contributed by atoms with van der Waals surface area (Å²) in [6.07, 6.45) is 1.34. The van der Waals surface area contributed by atoms with Gasteiger partial charge < -0.3 is 24.3 Å². The second-order valence-corrected chi connectivity index (χ2v) is 10.1. The molecule has 0 fully saturated rings. The number of dihydropyridines is 1. The number of Topliss-reactive ketones (excluding diaryl/α,β-unsaturated/α-hetero) is 1. The summed E-state index contributed by atoms with van der Waals surface area (Å²) >= 11 is 6.09. The Hall–Kier alpha value is -3.45. The number of halogens is 1. The minimum atomic E-state index is -0.657. The van der Waals surface area contributed by atoms with Gasteiger partial charge in [0.2, 0.25) is 5.75 Å². The van der Waals surface area contributed by atoms with E-state index in [1.165, 1.54) is 21.3 Å². The Labute approximate surface area is 228 Å². The zero-order chi connectivity index (χ0) is 27.6. The number of methoxy groups -OCH3 is 3. The van der Waals surface area contributed by atoms with Gasteiger partial charge in [-0.25, -0.2) is 4.79 Å². The number of esters is 1. The van der Waals surface area contributed by atoms with E-state index in [1.54, 1.807) is 12.1 Å². The quantitative estimate of drug-likeness (QED) is 0.408. The van der Waals surface area contributed by atoms with Crippen LogP contribution in [0, 0.1) is 0 Å². The van der Waals surface area contributed by atoms with Crippen LogP contribution in [0.5, 0.6) is 17.2 Å². The Morgan fingerprint density at radius 3 is 2.21 bits per heavy atom. The molecule has 1 aliphatic carbocycles. The van der Waals surface area contributed by atoms with Gasteiger partial charge >= 0.3 is 5.97 Å². The maximum atomic E-state index is 13.9. The first-order chi connectivity index (χ1) is 18.2. The number of allylic oxidation sites excluding steroid dienone is 3. The number of hydrogen-bond acceptors (Lipinski definition) is 7. The van der Waals surface area contributed by atoms with Crippen molar-refractivity contribution in [1.82, 2.24) is 5.32 Å². The molecule has 1 N–H and O–H groups in total. The van der Waals surface area contributed by atoms with Gasteiger partial charge in [0.15, 0.2) is 17.3 Å². The summed E-state index contributed by atoms with van der Waals surface area (Å²) in [6, 6.07) is 11.2. The normalized spacial score (nSPS) is 19.9. The topological polar surface area (TPSA) is 83.1 Å². The Morgan fingerprint density at radius 1 is 1.03 bits per heavy atom. The molecular weight excluding hydrogens is 506 g/mol. The van der Waals surface area contributed by atoms with Gasteiger partial charge in [0.05, 0.1) is 33.0 Å². The zero-order valence-electron chi connectivity index (χ0n) is 22.6. The van der Waals surface area contributed by atoms with E-state index in [1.807, 2.05) is 45.0 Å². The van der Waals surface area contributed by atoms with E-state index in [0.29, 0.717) is 63.9 Å². The highest BCUT2D eigenvalue weighted by atomic mass is 35.5. The van der Waals surface area contributed by atoms with E-state index >= 15 is 0 Å². The molecule has 202 valence electrons. The number of carbonyl (C=O) groups is 2. The molecule has 2 aromatic rings. The summed E-state index contributed by atoms with van der Waals surface area (Å²) in [5.41, 5.74) is 4.15. The fourth-order valence-electron chi connectivity index (χ4n) is 5.21. The van der Waals surface area contributed by atoms with E-state index in [2.05, 4.69) is 5.32 Å². The summed E-state index contributed by atoms with van der Waals surface area (Å²) in [4.78, 5) is 27.4. The maximum Gasteiger partial charge on any atom is 0.337 e. The third-order valence-electron chi connectivity index (χ3n) is 7.29. The number of carbonyl (C=O) groups excluding carboxylic acids is 2. The highest BCUT2D eigenvalue weighted by Crippen LogP contribution is 2.49. The molecule has 0 amide bonds. The first-order valence-corrected chi connectivity index (χ1v) is 13.1. The summed E-state index contributed by atoms with van der Waals surface area (Å²) in [6.45, 7) is 5.65. The molecular formula is C30H34ClNO6. The second kappa shape index (κ2) is 11.5. The van der Waals surface area contributed by atoms with Crippen LogP contribution in [0.2, 0.25) is 5.02 Å². The molecule has 0 saturated heterocycles. The molecule has 0 aromatic heterocycles. The van der Waals surface area contributed by atoms with Crippen LogP contribution in [0.1, 0.15) is 63.0 Å². The molecule has 1 heterocycles. The SMILES string of the molecule is CC[C@@H](C)OC(=O)C1=C(C)NC2=C(C(=O)C[C@H](c3ccc(Cl)cc3)C2)[C@H]1c1cc(OC)c(OC)c(OC)c1. The fraction of sp³-hybridized carbons (Fsp3) is 0.400. The Balaban J connectivity index is 1.87. The van der Waals surface area contributed by atoms with Gasteiger partial charge in [-0.05, 0) is 68.0 Å². The molecule has 3 atom stereocenters. The zero-order valence-corrected chi connectivity index (χ0v) is 23.4. The first kappa shape index (κ1) is 27.6. The third kappa shape index (κ3) is 5.25. The van der Waals surface area contributed by atoms with Gasteiger partial charge in [-0.1, -0.05) is 30.7 Å². The highest BCUT2D eigenvalue weighted by molar-refractivity contribution is 6.30. The van der Waals surface area contributed by atoms with E-state index in [0.717, 1.165) is 11.3 Å². The van der Waals surface area contributed by atoms with Crippen molar-refractivity contribution < 1.29 is 28.5 Å². The molecule has 2 aromatic carbocycles. The molecule has 0 radical (unpaired) electrons. The van der Waals surface area contributed by atoms with Gasteiger partial charge in [-0.15, -0.1) is 0 Å². The average molecular weight is 540 g/mol. The molecule has 1 aliphatic heterocycles. The predicted molar refractivity (Wildman–Crippen MR) is 146 cm³/mol. The molecule has 0 bridgehead atoms. The van der Waals surface area contributed by atoms with E-state index in [9.17, 15) is 9.59 Å². The maximum absolute atomic E-state index is 13.9. The lowest BCUT2D eigenvalue weighted by molar-refractivity contribution is -0.144. The lowest BCUT2D eigenvalue weighted by Crippen LogP contribution is -2.36. The van der Waals surface area contributed by atoms with Crippen LogP contribution in [0.25, 0.3) is 0 Å². The van der Waals surface area contributed by atoms with E-state index in [-0.39, 0.29) is 17.8 Å². The van der Waals surface area contributed by atoms with Gasteiger partial charge in [0.25, 0.3) is 0 Å². The Bertz CT molecular complexity index is 1270. The molecule has 38 heavy (non-hydrogen) atoms. The number of nitrogens with one attached hydrogen (secondary N) is 1. The smallest absolute Gasteiger partial charge is 0.337 e. The average Bonchev–Trinajstić information content (AvgIpc) is 2.91. The second-order valence-electron chi connectivity index (χ2n) is 9.65. The van der Waals surface area contributed by atoms with Gasteiger partial charge in [-0.3, -0.25) is 4.79 Å². The van der Waals surface area contributed by atoms with Crippen molar-refractivity contribution in [2.45, 2.75) is 58.0 Å². The summed E-state index contributed by atoms with van der Waals surface area (Å²) < 4.78 is 22.5. The van der Waals surface area contributed by atoms with Gasteiger partial charge in [-0.2, -0.15) is 0 Å². The molecule has 0 saturated carbocycles. The lowest BCUT2D eigenvalue weighted by atomic mass is 9.71. The molecule has 4 rings (SSSR count). The van der Waals surface area contributed by atoms with Gasteiger partial charge in [0.1, 0.15) is 0 Å². The first-order valence-electron chi connectivity index (χ1n) is 12.7. The largest absolute Gasteiger partial charge is 0.493 e. The highest BCUT2D eigenvalue weighted by Gasteiger charge is 2.42. The molecule has 8 heteroatoms. The van der Waals surface area contributed by atoms with Crippen LogP contribution in [0.3, 0.4) is 0 Å². The van der Waals surface area contributed by atoms with E-state index < -0.39 is 11.9 Å². The van der Waals surface area contributed by atoms with Crippen LogP contribution >= 0.6 is 11.6 Å². The van der Waals surface area contributed by atoms with Crippen molar-refractivity contribution in [1.29, 1.82) is 0 Å². The number of benzene rings is 2. The predicted octanol–water partition coefficient (Wildman–Crippen LogP) is 6.07. The molecule has 0 spiro atoms. The molecule has 0 unspecified atom stereocenters. The summed E-state index contributed by atoms with van der Waals surface area (Å²) in [7, 11) is 4.61. The van der Waals surface area contributed by atoms with Crippen LogP contribution in [0.15, 0.2) is 58.9 Å². The number of hydrogen-bond donors (Lipinski definition) is 1. The van der Waals surface area contributed by atoms with Gasteiger partial charge in [0, 0.05) is 34.3 Å². The van der Waals surface area contributed by atoms with Crippen molar-refractivity contribution in [3.8, 4) is 17.2 Å². The third-order valence-corrected chi connectivity index (χ3v) is 7.54. The Morgan fingerprint density at radius 2 is 1.66 bits per heavy atom. The van der Waals surface area contributed by atoms with Crippen molar-refractivity contribution in [2.24, 2.45) is 0 Å². The minimum absolute atomic E-state index is 0.00646. The van der Waals surface area contributed by atoms with Crippen molar-refractivity contribution in [2.75, 3.05) is 21.3 Å². The Kier molecular flexibility index (Phi) is 8.36. The van der Waals surface area contributed by atoms with Crippen LogP contribution in [-0.2, 0) is 14.3 Å². The lowest BCUT2D eigenvalue weighted by Gasteiger charge is -2.37. The van der Waals surface area contributed by atoms with Crippen LogP contribution < -0.4 is 19.5 Å². The summed E-state index contributed by atoms with van der Waals surface area (Å²) in [5.74, 6) is 0.169.